The second-order valence-electron chi connectivity index (χ2n) is 10.9. The number of amides is 2. The van der Waals surface area contributed by atoms with Gasteiger partial charge in [0.05, 0.1) is 24.3 Å². The van der Waals surface area contributed by atoms with Gasteiger partial charge in [0, 0.05) is 49.1 Å². The van der Waals surface area contributed by atoms with E-state index in [0.29, 0.717) is 28.6 Å². The average molecular weight is 652 g/mol. The van der Waals surface area contributed by atoms with Crippen molar-refractivity contribution in [3.8, 4) is 0 Å². The molecule has 0 aromatic heterocycles. The Morgan fingerprint density at radius 2 is 1.69 bits per heavy atom. The maximum absolute atomic E-state index is 13.8. The number of thiocarbonyl (C=S) groups is 1. The van der Waals surface area contributed by atoms with Gasteiger partial charge >= 0.3 is 5.97 Å². The van der Waals surface area contributed by atoms with Gasteiger partial charge in [-0.3, -0.25) is 19.4 Å². The SMILES string of the molecule is CCOC(=O)c1ccc(N2C(=O)[C@H](CC(=O)Nc3ccc(F)cc3)N(CCCN3CCN(c4cccc(Cl)c4)CC3)C2=S)cc1. The molecule has 0 bridgehead atoms. The van der Waals surface area contributed by atoms with E-state index < -0.39 is 17.8 Å². The summed E-state index contributed by atoms with van der Waals surface area (Å²) >= 11 is 12.0. The molecule has 0 spiro atoms. The number of nitrogens with one attached hydrogen (secondary N) is 1. The summed E-state index contributed by atoms with van der Waals surface area (Å²) in [5.41, 5.74) is 2.41. The summed E-state index contributed by atoms with van der Waals surface area (Å²) in [5.74, 6) is -1.58. The molecular formula is C33H35ClFN5O4S. The number of ether oxygens (including phenoxy) is 1. The zero-order valence-electron chi connectivity index (χ0n) is 25.0. The molecule has 2 fully saturated rings. The number of piperazine rings is 1. The van der Waals surface area contributed by atoms with Crippen LogP contribution in [0.15, 0.2) is 72.8 Å². The molecule has 3 aromatic carbocycles. The summed E-state index contributed by atoms with van der Waals surface area (Å²) in [5, 5.41) is 3.77. The summed E-state index contributed by atoms with van der Waals surface area (Å²) in [6.07, 6.45) is 0.600. The lowest BCUT2D eigenvalue weighted by Gasteiger charge is -2.36. The third kappa shape index (κ3) is 7.97. The van der Waals surface area contributed by atoms with Crippen molar-refractivity contribution in [3.05, 3.63) is 89.2 Å². The van der Waals surface area contributed by atoms with E-state index in [0.717, 1.165) is 49.9 Å². The van der Waals surface area contributed by atoms with Gasteiger partial charge in [-0.15, -0.1) is 0 Å². The van der Waals surface area contributed by atoms with E-state index in [4.69, 9.17) is 28.6 Å². The fraction of sp³-hybridized carbons (Fsp3) is 0.333. The molecular weight excluding hydrogens is 617 g/mol. The van der Waals surface area contributed by atoms with Crippen molar-refractivity contribution in [2.24, 2.45) is 0 Å². The van der Waals surface area contributed by atoms with Crippen LogP contribution in [-0.2, 0) is 14.3 Å². The summed E-state index contributed by atoms with van der Waals surface area (Å²) in [7, 11) is 0. The van der Waals surface area contributed by atoms with E-state index >= 15 is 0 Å². The molecule has 2 amide bonds. The lowest BCUT2D eigenvalue weighted by atomic mass is 10.1. The van der Waals surface area contributed by atoms with Gasteiger partial charge in [-0.1, -0.05) is 17.7 Å². The Kier molecular flexibility index (Phi) is 10.6. The molecule has 45 heavy (non-hydrogen) atoms. The monoisotopic (exact) mass is 651 g/mol. The summed E-state index contributed by atoms with van der Waals surface area (Å²) < 4.78 is 18.4. The van der Waals surface area contributed by atoms with Crippen LogP contribution in [0.5, 0.6) is 0 Å². The molecule has 0 aliphatic carbocycles. The Balaban J connectivity index is 1.25. The van der Waals surface area contributed by atoms with E-state index in [1.807, 2.05) is 23.1 Å². The van der Waals surface area contributed by atoms with Crippen LogP contribution in [-0.4, -0.2) is 84.6 Å². The van der Waals surface area contributed by atoms with Crippen molar-refractivity contribution in [1.29, 1.82) is 0 Å². The molecule has 1 atom stereocenters. The van der Waals surface area contributed by atoms with Crippen LogP contribution in [0, 0.1) is 5.82 Å². The zero-order valence-corrected chi connectivity index (χ0v) is 26.5. The Labute approximate surface area is 272 Å². The maximum Gasteiger partial charge on any atom is 0.338 e. The number of rotatable bonds is 11. The number of anilines is 3. The number of benzene rings is 3. The Morgan fingerprint density at radius 1 is 0.978 bits per heavy atom. The van der Waals surface area contributed by atoms with E-state index in [9.17, 15) is 18.8 Å². The summed E-state index contributed by atoms with van der Waals surface area (Å²) in [6, 6.07) is 19.0. The molecule has 2 aliphatic heterocycles. The Hall–Kier alpha value is -4.06. The molecule has 0 radical (unpaired) electrons. The smallest absolute Gasteiger partial charge is 0.338 e. The molecule has 236 valence electrons. The minimum Gasteiger partial charge on any atom is -0.462 e. The topological polar surface area (TPSA) is 85.4 Å². The van der Waals surface area contributed by atoms with Crippen LogP contribution < -0.4 is 15.1 Å². The summed E-state index contributed by atoms with van der Waals surface area (Å²) in [6.45, 7) is 6.80. The number of hydrogen-bond donors (Lipinski definition) is 1. The number of carbonyl (C=O) groups excluding carboxylic acids is 3. The quantitative estimate of drug-likeness (QED) is 0.224. The standard InChI is InChI=1S/C33H35ClFN5O4S/c1-2-44-32(43)23-7-13-27(14-8-23)40-31(42)29(22-30(41)36-26-11-9-25(35)10-12-26)39(33(40)45)16-4-15-37-17-19-38(20-18-37)28-6-3-5-24(34)21-28/h3,5-14,21,29H,2,4,15-20,22H2,1H3,(H,36,41)/t29-/m0/s1. The fourth-order valence-corrected chi connectivity index (χ4v) is 6.17. The first-order valence-electron chi connectivity index (χ1n) is 14.9. The normalized spacial score (nSPS) is 17.1. The van der Waals surface area contributed by atoms with E-state index in [2.05, 4.69) is 21.2 Å². The van der Waals surface area contributed by atoms with Crippen molar-refractivity contribution < 1.29 is 23.5 Å². The summed E-state index contributed by atoms with van der Waals surface area (Å²) in [4.78, 5) is 46.9. The van der Waals surface area contributed by atoms with Gasteiger partial charge in [0.1, 0.15) is 11.9 Å². The van der Waals surface area contributed by atoms with Crippen LogP contribution >= 0.6 is 23.8 Å². The van der Waals surface area contributed by atoms with E-state index in [1.54, 1.807) is 31.2 Å². The molecule has 2 heterocycles. The largest absolute Gasteiger partial charge is 0.462 e. The van der Waals surface area contributed by atoms with E-state index in [1.165, 1.54) is 29.2 Å². The predicted molar refractivity (Wildman–Crippen MR) is 177 cm³/mol. The van der Waals surface area contributed by atoms with Gasteiger partial charge in [-0.05, 0) is 98.8 Å². The lowest BCUT2D eigenvalue weighted by Crippen LogP contribution is -2.47. The van der Waals surface area contributed by atoms with Gasteiger partial charge in [-0.25, -0.2) is 9.18 Å². The van der Waals surface area contributed by atoms with Crippen molar-refractivity contribution >= 4 is 63.8 Å². The molecule has 9 nitrogen and oxygen atoms in total. The van der Waals surface area contributed by atoms with Gasteiger partial charge in [0.25, 0.3) is 5.91 Å². The van der Waals surface area contributed by atoms with Crippen LogP contribution in [0.1, 0.15) is 30.1 Å². The second kappa shape index (κ2) is 14.8. The number of esters is 1. The minimum absolute atomic E-state index is 0.133. The average Bonchev–Trinajstić information content (AvgIpc) is 3.26. The number of nitrogens with zero attached hydrogens (tertiary/aromatic N) is 4. The van der Waals surface area contributed by atoms with Crippen LogP contribution in [0.25, 0.3) is 0 Å². The van der Waals surface area contributed by atoms with Gasteiger partial charge in [0.2, 0.25) is 5.91 Å². The predicted octanol–water partition coefficient (Wildman–Crippen LogP) is 5.20. The van der Waals surface area contributed by atoms with Crippen molar-refractivity contribution in [3.63, 3.8) is 0 Å². The van der Waals surface area contributed by atoms with E-state index in [-0.39, 0.29) is 24.8 Å². The Bertz CT molecular complexity index is 1530. The number of halogens is 2. The van der Waals surface area contributed by atoms with Gasteiger partial charge in [0.15, 0.2) is 5.11 Å². The lowest BCUT2D eigenvalue weighted by molar-refractivity contribution is -0.124. The first kappa shape index (κ1) is 32.3. The third-order valence-electron chi connectivity index (χ3n) is 7.88. The highest BCUT2D eigenvalue weighted by molar-refractivity contribution is 7.80. The molecule has 5 rings (SSSR count). The molecule has 2 aliphatic rings. The van der Waals surface area contributed by atoms with Crippen molar-refractivity contribution in [1.82, 2.24) is 9.80 Å². The maximum atomic E-state index is 13.8. The second-order valence-corrected chi connectivity index (χ2v) is 11.7. The van der Waals surface area contributed by atoms with Crippen LogP contribution in [0.4, 0.5) is 21.5 Å². The highest BCUT2D eigenvalue weighted by Crippen LogP contribution is 2.28. The third-order valence-corrected chi connectivity index (χ3v) is 8.53. The van der Waals surface area contributed by atoms with Gasteiger partial charge in [-0.2, -0.15) is 0 Å². The van der Waals surface area contributed by atoms with Gasteiger partial charge < -0.3 is 19.9 Å². The molecule has 0 unspecified atom stereocenters. The van der Waals surface area contributed by atoms with Crippen LogP contribution in [0.3, 0.4) is 0 Å². The highest BCUT2D eigenvalue weighted by Gasteiger charge is 2.44. The first-order valence-corrected chi connectivity index (χ1v) is 15.7. The molecule has 3 aromatic rings. The van der Waals surface area contributed by atoms with Crippen LogP contribution in [0.2, 0.25) is 5.02 Å². The number of carbonyl (C=O) groups is 3. The molecule has 0 saturated carbocycles. The minimum atomic E-state index is -0.817. The molecule has 12 heteroatoms. The fourth-order valence-electron chi connectivity index (χ4n) is 5.57. The highest BCUT2D eigenvalue weighted by atomic mass is 35.5. The number of hydrogen-bond acceptors (Lipinski definition) is 7. The van der Waals surface area contributed by atoms with Crippen molar-refractivity contribution in [2.75, 3.05) is 61.0 Å². The first-order chi connectivity index (χ1) is 21.7. The Morgan fingerprint density at radius 3 is 2.36 bits per heavy atom. The molecule has 2 saturated heterocycles. The zero-order chi connectivity index (χ0) is 31.9. The molecule has 1 N–H and O–H groups in total. The van der Waals surface area contributed by atoms with Crippen molar-refractivity contribution in [2.45, 2.75) is 25.8 Å².